The maximum absolute atomic E-state index is 11.9. The number of hydrogen-bond donors (Lipinski definition) is 0. The average Bonchev–Trinajstić information content (AvgIpc) is 2.68. The number of fused-ring (bicyclic) bond motifs is 1. The smallest absolute Gasteiger partial charge is 0.410 e. The fraction of sp³-hybridized carbons (Fsp3) is 0.583. The number of imidazole rings is 1. The number of carbonyl (C=O) groups is 1. The van der Waals surface area contributed by atoms with Gasteiger partial charge in [0.25, 0.3) is 0 Å². The Balaban J connectivity index is 2.12. The molecule has 6 heteroatoms. The zero-order chi connectivity index (χ0) is 13.3. The molecular formula is C12H16N4O2. The first-order valence-corrected chi connectivity index (χ1v) is 5.83. The summed E-state index contributed by atoms with van der Waals surface area (Å²) >= 11 is 0. The summed E-state index contributed by atoms with van der Waals surface area (Å²) in [5.41, 5.74) is 0.644. The molecule has 2 heterocycles. The van der Waals surface area contributed by atoms with E-state index in [4.69, 9.17) is 10.00 Å². The van der Waals surface area contributed by atoms with Crippen molar-refractivity contribution >= 4 is 6.09 Å². The minimum Gasteiger partial charge on any atom is -0.444 e. The van der Waals surface area contributed by atoms with Crippen LogP contribution in [0.15, 0.2) is 6.33 Å². The van der Waals surface area contributed by atoms with Crippen molar-refractivity contribution in [2.24, 2.45) is 0 Å². The number of carbonyl (C=O) groups excluding carboxylic acids is 1. The Morgan fingerprint density at radius 3 is 2.83 bits per heavy atom. The Hall–Kier alpha value is -2.03. The zero-order valence-corrected chi connectivity index (χ0v) is 10.8. The highest BCUT2D eigenvalue weighted by Gasteiger charge is 2.27. The molecule has 0 aromatic carbocycles. The summed E-state index contributed by atoms with van der Waals surface area (Å²) in [4.78, 5) is 17.5. The number of amides is 1. The van der Waals surface area contributed by atoms with Crippen molar-refractivity contribution in [1.82, 2.24) is 14.5 Å². The molecule has 0 N–H and O–H groups in total. The quantitative estimate of drug-likeness (QED) is 0.697. The highest BCUT2D eigenvalue weighted by atomic mass is 16.6. The lowest BCUT2D eigenvalue weighted by molar-refractivity contribution is 0.0199. The first kappa shape index (κ1) is 12.4. The van der Waals surface area contributed by atoms with E-state index >= 15 is 0 Å². The van der Waals surface area contributed by atoms with Crippen molar-refractivity contribution in [3.63, 3.8) is 0 Å². The van der Waals surface area contributed by atoms with Gasteiger partial charge >= 0.3 is 6.09 Å². The molecule has 1 amide bonds. The minimum absolute atomic E-state index is 0.348. The number of ether oxygens (including phenoxy) is 1. The first-order valence-electron chi connectivity index (χ1n) is 5.83. The molecule has 2 rings (SSSR count). The number of aromatic nitrogens is 2. The van der Waals surface area contributed by atoms with Crippen molar-refractivity contribution in [3.05, 3.63) is 17.7 Å². The fourth-order valence-corrected chi connectivity index (χ4v) is 1.83. The third kappa shape index (κ3) is 2.45. The predicted octanol–water partition coefficient (Wildman–Crippen LogP) is 1.51. The van der Waals surface area contributed by atoms with Crippen LogP contribution in [0.5, 0.6) is 0 Å². The van der Waals surface area contributed by atoms with Gasteiger partial charge in [-0.3, -0.25) is 0 Å². The van der Waals surface area contributed by atoms with E-state index in [1.54, 1.807) is 11.2 Å². The Morgan fingerprint density at radius 1 is 1.50 bits per heavy atom. The minimum atomic E-state index is -0.507. The summed E-state index contributed by atoms with van der Waals surface area (Å²) in [6.45, 7) is 7.09. The van der Waals surface area contributed by atoms with Crippen LogP contribution in [0.2, 0.25) is 0 Å². The van der Waals surface area contributed by atoms with Gasteiger partial charge in [-0.2, -0.15) is 5.26 Å². The molecule has 1 aliphatic rings. The van der Waals surface area contributed by atoms with Gasteiger partial charge in [0.2, 0.25) is 0 Å². The lowest BCUT2D eigenvalue weighted by Crippen LogP contribution is -2.41. The van der Waals surface area contributed by atoms with Gasteiger partial charge < -0.3 is 14.2 Å². The van der Waals surface area contributed by atoms with Crippen LogP contribution in [0.25, 0.3) is 0 Å². The van der Waals surface area contributed by atoms with Gasteiger partial charge in [0.15, 0.2) is 5.69 Å². The van der Waals surface area contributed by atoms with E-state index in [2.05, 4.69) is 4.98 Å². The number of rotatable bonds is 0. The van der Waals surface area contributed by atoms with E-state index in [0.717, 1.165) is 5.69 Å². The Morgan fingerprint density at radius 2 is 2.22 bits per heavy atom. The maximum atomic E-state index is 11.9. The molecule has 0 aliphatic carbocycles. The van der Waals surface area contributed by atoms with Crippen LogP contribution in [0.4, 0.5) is 4.79 Å². The molecule has 0 bridgehead atoms. The lowest BCUT2D eigenvalue weighted by Gasteiger charge is -2.30. The summed E-state index contributed by atoms with van der Waals surface area (Å²) in [7, 11) is 0. The molecule has 0 fully saturated rings. The SMILES string of the molecule is CC(C)(C)OC(=O)N1CCn2cnc(C#N)c2C1. The highest BCUT2D eigenvalue weighted by molar-refractivity contribution is 5.68. The van der Waals surface area contributed by atoms with Gasteiger partial charge in [0, 0.05) is 13.1 Å². The zero-order valence-electron chi connectivity index (χ0n) is 10.8. The molecule has 0 spiro atoms. The third-order valence-electron chi connectivity index (χ3n) is 2.66. The average molecular weight is 248 g/mol. The van der Waals surface area contributed by atoms with Crippen LogP contribution in [0.3, 0.4) is 0 Å². The van der Waals surface area contributed by atoms with Crippen molar-refractivity contribution in [1.29, 1.82) is 5.26 Å². The van der Waals surface area contributed by atoms with Gasteiger partial charge in [-0.1, -0.05) is 0 Å². The number of hydrogen-bond acceptors (Lipinski definition) is 4. The summed E-state index contributed by atoms with van der Waals surface area (Å²) in [5.74, 6) is 0. The van der Waals surface area contributed by atoms with Gasteiger partial charge in [0.05, 0.1) is 18.6 Å². The molecule has 1 aliphatic heterocycles. The molecule has 0 atom stereocenters. The maximum Gasteiger partial charge on any atom is 0.410 e. The van der Waals surface area contributed by atoms with E-state index in [0.29, 0.717) is 25.3 Å². The van der Waals surface area contributed by atoms with E-state index in [9.17, 15) is 4.79 Å². The third-order valence-corrected chi connectivity index (χ3v) is 2.66. The van der Waals surface area contributed by atoms with Gasteiger partial charge in [-0.25, -0.2) is 9.78 Å². The van der Waals surface area contributed by atoms with Crippen molar-refractivity contribution in [2.75, 3.05) is 6.54 Å². The molecule has 0 radical (unpaired) electrons. The number of nitriles is 1. The molecule has 0 saturated heterocycles. The Bertz CT molecular complexity index is 507. The molecule has 6 nitrogen and oxygen atoms in total. The van der Waals surface area contributed by atoms with Gasteiger partial charge in [0.1, 0.15) is 11.7 Å². The first-order chi connectivity index (χ1) is 8.40. The van der Waals surface area contributed by atoms with Crippen LogP contribution in [-0.4, -0.2) is 32.7 Å². The second-order valence-corrected chi connectivity index (χ2v) is 5.25. The standard InChI is InChI=1S/C12H16N4O2/c1-12(2,3)18-11(17)15-4-5-16-8-14-9(6-13)10(16)7-15/h8H,4-5,7H2,1-3H3. The van der Waals surface area contributed by atoms with Crippen LogP contribution in [-0.2, 0) is 17.8 Å². The lowest BCUT2D eigenvalue weighted by atomic mass is 10.2. The molecule has 18 heavy (non-hydrogen) atoms. The predicted molar refractivity (Wildman–Crippen MR) is 63.6 cm³/mol. The largest absolute Gasteiger partial charge is 0.444 e. The summed E-state index contributed by atoms with van der Waals surface area (Å²) < 4.78 is 7.22. The second-order valence-electron chi connectivity index (χ2n) is 5.25. The van der Waals surface area contributed by atoms with Crippen molar-refractivity contribution in [3.8, 4) is 6.07 Å². The van der Waals surface area contributed by atoms with E-state index in [1.807, 2.05) is 31.4 Å². The van der Waals surface area contributed by atoms with Crippen molar-refractivity contribution in [2.45, 2.75) is 39.5 Å². The second kappa shape index (κ2) is 4.33. The topological polar surface area (TPSA) is 71.2 Å². The van der Waals surface area contributed by atoms with E-state index < -0.39 is 5.60 Å². The molecule has 1 aromatic heterocycles. The molecular weight excluding hydrogens is 232 g/mol. The molecule has 0 unspecified atom stereocenters. The molecule has 0 saturated carbocycles. The van der Waals surface area contributed by atoms with E-state index in [1.165, 1.54) is 0 Å². The van der Waals surface area contributed by atoms with Crippen LogP contribution < -0.4 is 0 Å². The molecule has 96 valence electrons. The van der Waals surface area contributed by atoms with Crippen LogP contribution >= 0.6 is 0 Å². The molecule has 1 aromatic rings. The van der Waals surface area contributed by atoms with Crippen LogP contribution in [0, 0.1) is 11.3 Å². The summed E-state index contributed by atoms with van der Waals surface area (Å²) in [6.07, 6.45) is 1.29. The van der Waals surface area contributed by atoms with Gasteiger partial charge in [-0.05, 0) is 20.8 Å². The van der Waals surface area contributed by atoms with Gasteiger partial charge in [-0.15, -0.1) is 0 Å². The highest BCUT2D eigenvalue weighted by Crippen LogP contribution is 2.18. The van der Waals surface area contributed by atoms with Crippen LogP contribution in [0.1, 0.15) is 32.2 Å². The fourth-order valence-electron chi connectivity index (χ4n) is 1.83. The monoisotopic (exact) mass is 248 g/mol. The van der Waals surface area contributed by atoms with Crippen molar-refractivity contribution < 1.29 is 9.53 Å². The normalized spacial score (nSPS) is 14.9. The Kier molecular flexibility index (Phi) is 2.99. The number of nitrogens with zero attached hydrogens (tertiary/aromatic N) is 4. The summed E-state index contributed by atoms with van der Waals surface area (Å²) in [5, 5.41) is 8.93. The summed E-state index contributed by atoms with van der Waals surface area (Å²) in [6, 6.07) is 2.03. The van der Waals surface area contributed by atoms with E-state index in [-0.39, 0.29) is 6.09 Å². The Labute approximate surface area is 106 Å².